The second-order valence-electron chi connectivity index (χ2n) is 2.51. The van der Waals surface area contributed by atoms with E-state index in [1.54, 1.807) is 6.92 Å². The molecule has 1 heterocycles. The molecule has 1 aromatic rings. The first-order chi connectivity index (χ1) is 7.79. The second kappa shape index (κ2) is 6.51. The third-order valence-corrected chi connectivity index (χ3v) is 1.25. The average Bonchev–Trinajstić information content (AvgIpc) is 2.70. The molecule has 0 aliphatic heterocycles. The van der Waals surface area contributed by atoms with Crippen LogP contribution in [-0.2, 0) is 9.53 Å². The summed E-state index contributed by atoms with van der Waals surface area (Å²) in [7, 11) is 0. The van der Waals surface area contributed by atoms with Gasteiger partial charge >= 0.3 is 18.1 Å². The third-order valence-electron chi connectivity index (χ3n) is 1.25. The first kappa shape index (κ1) is 14.9. The highest BCUT2D eigenvalue weighted by Crippen LogP contribution is 2.13. The van der Waals surface area contributed by atoms with E-state index in [1.807, 2.05) is 0 Å². The van der Waals surface area contributed by atoms with Crippen LogP contribution in [0.15, 0.2) is 12.4 Å². The summed E-state index contributed by atoms with van der Waals surface area (Å²) in [5, 5.41) is 13.2. The number of alkyl halides is 3. The van der Waals surface area contributed by atoms with E-state index in [0.717, 1.165) is 0 Å². The van der Waals surface area contributed by atoms with Crippen molar-refractivity contribution in [2.75, 3.05) is 6.61 Å². The zero-order valence-corrected chi connectivity index (χ0v) is 8.61. The van der Waals surface area contributed by atoms with Gasteiger partial charge in [0.05, 0.1) is 18.4 Å². The van der Waals surface area contributed by atoms with E-state index in [1.165, 1.54) is 12.4 Å². The van der Waals surface area contributed by atoms with E-state index < -0.39 is 12.1 Å². The second-order valence-corrected chi connectivity index (χ2v) is 2.51. The first-order valence-electron chi connectivity index (χ1n) is 4.25. The Hall–Kier alpha value is -2.06. The highest BCUT2D eigenvalue weighted by atomic mass is 19.4. The highest BCUT2D eigenvalue weighted by Gasteiger charge is 2.38. The number of rotatable bonds is 2. The molecule has 0 aromatic carbocycles. The first-order valence-corrected chi connectivity index (χ1v) is 4.25. The minimum atomic E-state index is -5.08. The maximum atomic E-state index is 10.8. The molecule has 0 bridgehead atoms. The lowest BCUT2D eigenvalue weighted by Crippen LogP contribution is -2.21. The molecule has 2 N–H and O–H groups in total. The summed E-state index contributed by atoms with van der Waals surface area (Å²) in [5.74, 6) is -3.09. The van der Waals surface area contributed by atoms with E-state index in [2.05, 4.69) is 14.9 Å². The van der Waals surface area contributed by atoms with Crippen LogP contribution in [0.3, 0.4) is 0 Å². The lowest BCUT2D eigenvalue weighted by atomic mass is 10.4. The number of aromatic amines is 1. The molecule has 1 rings (SSSR count). The van der Waals surface area contributed by atoms with Crippen molar-refractivity contribution in [2.24, 2.45) is 0 Å². The van der Waals surface area contributed by atoms with Crippen molar-refractivity contribution in [3.8, 4) is 0 Å². The van der Waals surface area contributed by atoms with Gasteiger partial charge in [-0.1, -0.05) is 0 Å². The van der Waals surface area contributed by atoms with Gasteiger partial charge < -0.3 is 9.84 Å². The Morgan fingerprint density at radius 1 is 1.53 bits per heavy atom. The summed E-state index contributed by atoms with van der Waals surface area (Å²) in [5.41, 5.74) is 0.460. The van der Waals surface area contributed by atoms with Crippen molar-refractivity contribution >= 4 is 11.9 Å². The van der Waals surface area contributed by atoms with Crippen LogP contribution in [0.4, 0.5) is 13.2 Å². The summed E-state index contributed by atoms with van der Waals surface area (Å²) >= 11 is 0. The van der Waals surface area contributed by atoms with Gasteiger partial charge in [0, 0.05) is 6.20 Å². The van der Waals surface area contributed by atoms with Crippen molar-refractivity contribution in [1.82, 2.24) is 10.2 Å². The molecule has 9 heteroatoms. The average molecular weight is 254 g/mol. The monoisotopic (exact) mass is 254 g/mol. The maximum absolute atomic E-state index is 10.8. The van der Waals surface area contributed by atoms with Gasteiger partial charge in [0.1, 0.15) is 0 Å². The zero-order chi connectivity index (χ0) is 13.5. The molecule has 96 valence electrons. The van der Waals surface area contributed by atoms with Crippen molar-refractivity contribution in [2.45, 2.75) is 13.1 Å². The standard InChI is InChI=1S/C6H8N2O2.C2HF3O2/c1-2-10-6(9)5-3-7-8-4-5;3-2(4,5)1(6)7/h3-4H,2H2,1H3,(H,7,8);(H,6,7). The summed E-state index contributed by atoms with van der Waals surface area (Å²) in [6.07, 6.45) is -2.16. The van der Waals surface area contributed by atoms with Crippen LogP contribution in [0.1, 0.15) is 17.3 Å². The van der Waals surface area contributed by atoms with Gasteiger partial charge in [-0.2, -0.15) is 18.3 Å². The fraction of sp³-hybridized carbons (Fsp3) is 0.375. The van der Waals surface area contributed by atoms with E-state index >= 15 is 0 Å². The summed E-state index contributed by atoms with van der Waals surface area (Å²) in [6.45, 7) is 2.15. The number of carboxylic acid groups (broad SMARTS) is 1. The smallest absolute Gasteiger partial charge is 0.475 e. The van der Waals surface area contributed by atoms with Crippen LogP contribution >= 0.6 is 0 Å². The number of esters is 1. The van der Waals surface area contributed by atoms with Gasteiger partial charge in [0.25, 0.3) is 0 Å². The van der Waals surface area contributed by atoms with E-state index in [-0.39, 0.29) is 5.97 Å². The van der Waals surface area contributed by atoms with Gasteiger partial charge in [0.2, 0.25) is 0 Å². The van der Waals surface area contributed by atoms with E-state index in [0.29, 0.717) is 12.2 Å². The van der Waals surface area contributed by atoms with Crippen molar-refractivity contribution < 1.29 is 32.6 Å². The molecular weight excluding hydrogens is 245 g/mol. The highest BCUT2D eigenvalue weighted by molar-refractivity contribution is 5.88. The lowest BCUT2D eigenvalue weighted by Gasteiger charge is -1.95. The minimum absolute atomic E-state index is 0.337. The third kappa shape index (κ3) is 6.17. The van der Waals surface area contributed by atoms with Crippen LogP contribution < -0.4 is 0 Å². The van der Waals surface area contributed by atoms with Crippen LogP contribution in [-0.4, -0.2) is 40.0 Å². The lowest BCUT2D eigenvalue weighted by molar-refractivity contribution is -0.192. The van der Waals surface area contributed by atoms with Crippen LogP contribution in [0.2, 0.25) is 0 Å². The number of aromatic nitrogens is 2. The molecule has 0 aliphatic rings. The van der Waals surface area contributed by atoms with Gasteiger partial charge in [-0.3, -0.25) is 5.10 Å². The van der Waals surface area contributed by atoms with Crippen molar-refractivity contribution in [3.05, 3.63) is 18.0 Å². The molecule has 0 radical (unpaired) electrons. The molecule has 0 atom stereocenters. The summed E-state index contributed by atoms with van der Waals surface area (Å²) < 4.78 is 36.4. The Bertz CT molecular complexity index is 361. The Kier molecular flexibility index (Phi) is 5.72. The van der Waals surface area contributed by atoms with Crippen LogP contribution in [0, 0.1) is 0 Å². The Morgan fingerprint density at radius 2 is 2.06 bits per heavy atom. The molecule has 0 saturated heterocycles. The Morgan fingerprint density at radius 3 is 2.35 bits per heavy atom. The number of H-pyrrole nitrogens is 1. The fourth-order valence-corrected chi connectivity index (χ4v) is 0.577. The predicted octanol–water partition coefficient (Wildman–Crippen LogP) is 1.22. The Balaban J connectivity index is 0.000000325. The number of carbonyl (C=O) groups excluding carboxylic acids is 1. The zero-order valence-electron chi connectivity index (χ0n) is 8.61. The molecule has 17 heavy (non-hydrogen) atoms. The largest absolute Gasteiger partial charge is 0.490 e. The van der Waals surface area contributed by atoms with Crippen LogP contribution in [0.25, 0.3) is 0 Å². The predicted molar refractivity (Wildman–Crippen MR) is 48.2 cm³/mol. The van der Waals surface area contributed by atoms with Crippen LogP contribution in [0.5, 0.6) is 0 Å². The Labute approximate surface area is 93.4 Å². The molecule has 6 nitrogen and oxygen atoms in total. The van der Waals surface area contributed by atoms with Gasteiger partial charge in [0.15, 0.2) is 0 Å². The number of hydrogen-bond donors (Lipinski definition) is 2. The molecule has 0 fully saturated rings. The molecule has 0 amide bonds. The molecule has 0 saturated carbocycles. The quantitative estimate of drug-likeness (QED) is 0.774. The minimum Gasteiger partial charge on any atom is -0.475 e. The molecule has 0 aliphatic carbocycles. The van der Waals surface area contributed by atoms with Crippen molar-refractivity contribution in [3.63, 3.8) is 0 Å². The topological polar surface area (TPSA) is 92.3 Å². The van der Waals surface area contributed by atoms with E-state index in [9.17, 15) is 18.0 Å². The number of nitrogens with zero attached hydrogens (tertiary/aromatic N) is 1. The molecule has 0 unspecified atom stereocenters. The van der Waals surface area contributed by atoms with Gasteiger partial charge in [-0.05, 0) is 6.92 Å². The number of nitrogens with one attached hydrogen (secondary N) is 1. The SMILES string of the molecule is CCOC(=O)c1cn[nH]c1.O=C(O)C(F)(F)F. The number of hydrogen-bond acceptors (Lipinski definition) is 4. The number of ether oxygens (including phenoxy) is 1. The normalized spacial score (nSPS) is 10.1. The number of carboxylic acids is 1. The number of halogens is 3. The van der Waals surface area contributed by atoms with Gasteiger partial charge in [-0.25, -0.2) is 9.59 Å². The van der Waals surface area contributed by atoms with Gasteiger partial charge in [-0.15, -0.1) is 0 Å². The fourth-order valence-electron chi connectivity index (χ4n) is 0.577. The molecule has 0 spiro atoms. The van der Waals surface area contributed by atoms with Crippen molar-refractivity contribution in [1.29, 1.82) is 0 Å². The van der Waals surface area contributed by atoms with E-state index in [4.69, 9.17) is 9.90 Å². The number of aliphatic carboxylic acids is 1. The number of carbonyl (C=O) groups is 2. The summed E-state index contributed by atoms with van der Waals surface area (Å²) in [6, 6.07) is 0. The maximum Gasteiger partial charge on any atom is 0.490 e. The molecular formula is C8H9F3N2O4. The molecule has 1 aromatic heterocycles. The summed E-state index contributed by atoms with van der Waals surface area (Å²) in [4.78, 5) is 19.7.